The Labute approximate surface area is 174 Å². The zero-order valence-electron chi connectivity index (χ0n) is 16.2. The Morgan fingerprint density at radius 3 is 1.17 bits per heavy atom. The van der Waals surface area contributed by atoms with Gasteiger partial charge < -0.3 is 0 Å². The van der Waals surface area contributed by atoms with Crippen molar-refractivity contribution >= 4 is 53.9 Å². The predicted molar refractivity (Wildman–Crippen MR) is 130 cm³/mol. The van der Waals surface area contributed by atoms with Gasteiger partial charge in [-0.25, -0.2) is 0 Å². The third-order valence-corrected chi connectivity index (χ3v) is 6.11. The molecule has 0 aromatic heterocycles. The molecule has 0 aliphatic rings. The molecule has 0 aliphatic heterocycles. The molecule has 30 heavy (non-hydrogen) atoms. The molecule has 6 aromatic carbocycles. The van der Waals surface area contributed by atoms with E-state index in [1.807, 2.05) is 12.1 Å². The van der Waals surface area contributed by atoms with Crippen LogP contribution in [0, 0.1) is 24.7 Å². The highest BCUT2D eigenvalue weighted by Gasteiger charge is 2.11. The summed E-state index contributed by atoms with van der Waals surface area (Å²) in [5.74, 6) is 5.51. The number of hydrogen-bond acceptors (Lipinski definition) is 0. The van der Waals surface area contributed by atoms with Crippen LogP contribution in [0.25, 0.3) is 53.9 Å². The summed E-state index contributed by atoms with van der Waals surface area (Å²) in [6, 6.07) is 30.1. The van der Waals surface area contributed by atoms with Gasteiger partial charge in [-0.3, -0.25) is 0 Å². The number of benzene rings is 6. The van der Waals surface area contributed by atoms with Crippen molar-refractivity contribution in [1.82, 2.24) is 0 Å². The largest absolute Gasteiger partial charge is 0.115 e. The molecular formula is C30H16. The second kappa shape index (κ2) is 6.12. The zero-order chi connectivity index (χ0) is 20.2. The average molecular weight is 376 g/mol. The van der Waals surface area contributed by atoms with Gasteiger partial charge >= 0.3 is 0 Å². The first-order valence-corrected chi connectivity index (χ1v) is 9.95. The van der Waals surface area contributed by atoms with Crippen LogP contribution in [0.15, 0.2) is 84.9 Å². The van der Waals surface area contributed by atoms with Gasteiger partial charge in [0.2, 0.25) is 0 Å². The van der Waals surface area contributed by atoms with Crippen LogP contribution in [0.5, 0.6) is 0 Å². The molecule has 0 amide bonds. The van der Waals surface area contributed by atoms with Gasteiger partial charge in [0, 0.05) is 11.1 Å². The van der Waals surface area contributed by atoms with E-state index in [2.05, 4.69) is 84.6 Å². The fraction of sp³-hybridized carbons (Fsp3) is 0. The van der Waals surface area contributed by atoms with Crippen molar-refractivity contribution < 1.29 is 0 Å². The Morgan fingerprint density at radius 1 is 0.400 bits per heavy atom. The molecule has 0 unspecified atom stereocenters. The molecule has 0 fully saturated rings. The second-order valence-corrected chi connectivity index (χ2v) is 7.72. The molecule has 0 saturated carbocycles. The molecule has 0 spiro atoms. The van der Waals surface area contributed by atoms with E-state index in [1.54, 1.807) is 0 Å². The van der Waals surface area contributed by atoms with Crippen molar-refractivity contribution in [3.05, 3.63) is 96.1 Å². The summed E-state index contributed by atoms with van der Waals surface area (Å²) < 4.78 is 0. The van der Waals surface area contributed by atoms with E-state index in [4.69, 9.17) is 12.8 Å². The third-order valence-electron chi connectivity index (χ3n) is 6.11. The molecule has 6 rings (SSSR count). The first-order valence-electron chi connectivity index (χ1n) is 9.95. The Hall–Kier alpha value is -4.26. The summed E-state index contributed by atoms with van der Waals surface area (Å²) in [6.45, 7) is 0. The van der Waals surface area contributed by atoms with Gasteiger partial charge in [0.1, 0.15) is 0 Å². The summed E-state index contributed by atoms with van der Waals surface area (Å²) in [7, 11) is 0. The van der Waals surface area contributed by atoms with Gasteiger partial charge in [-0.05, 0) is 78.1 Å². The maximum atomic E-state index is 5.64. The number of fused-ring (bicyclic) bond motifs is 9. The van der Waals surface area contributed by atoms with Crippen molar-refractivity contribution in [2.24, 2.45) is 0 Å². The molecular weight excluding hydrogens is 360 g/mol. The highest BCUT2D eigenvalue weighted by atomic mass is 14.1. The van der Waals surface area contributed by atoms with Crippen molar-refractivity contribution in [3.63, 3.8) is 0 Å². The monoisotopic (exact) mass is 376 g/mol. The van der Waals surface area contributed by atoms with Crippen LogP contribution in [-0.4, -0.2) is 0 Å². The second-order valence-electron chi connectivity index (χ2n) is 7.72. The van der Waals surface area contributed by atoms with Crippen LogP contribution >= 0.6 is 0 Å². The molecule has 0 nitrogen and oxygen atoms in total. The van der Waals surface area contributed by atoms with E-state index in [1.165, 1.54) is 43.1 Å². The van der Waals surface area contributed by atoms with Crippen LogP contribution in [0.4, 0.5) is 0 Å². The first kappa shape index (κ1) is 16.7. The summed E-state index contributed by atoms with van der Waals surface area (Å²) in [5.41, 5.74) is 1.80. The molecule has 0 heterocycles. The maximum Gasteiger partial charge on any atom is 0.0248 e. The Bertz CT molecular complexity index is 1620. The first-order chi connectivity index (χ1) is 14.8. The van der Waals surface area contributed by atoms with Crippen LogP contribution in [0.3, 0.4) is 0 Å². The van der Waals surface area contributed by atoms with Gasteiger partial charge in [0.15, 0.2) is 0 Å². The molecule has 0 bridgehead atoms. The minimum atomic E-state index is 0.902. The Kier molecular flexibility index (Phi) is 3.40. The number of rotatable bonds is 0. The molecule has 0 heteroatoms. The lowest BCUT2D eigenvalue weighted by Crippen LogP contribution is -1.86. The maximum absolute atomic E-state index is 5.64. The van der Waals surface area contributed by atoms with Crippen LogP contribution < -0.4 is 0 Å². The van der Waals surface area contributed by atoms with Crippen LogP contribution in [0.2, 0.25) is 0 Å². The van der Waals surface area contributed by atoms with E-state index in [0.29, 0.717) is 0 Å². The van der Waals surface area contributed by atoms with Crippen LogP contribution in [0.1, 0.15) is 11.1 Å². The number of terminal acetylenes is 2. The SMILES string of the molecule is C#Cc1ccc2c(ccc3ccc4ccc5ccc6cc(C#C)ccc6c5c4c32)c1. The normalized spacial score (nSPS) is 11.3. The van der Waals surface area contributed by atoms with E-state index < -0.39 is 0 Å². The summed E-state index contributed by atoms with van der Waals surface area (Å²) in [4.78, 5) is 0. The lowest BCUT2D eigenvalue weighted by Gasteiger charge is -2.13. The zero-order valence-corrected chi connectivity index (χ0v) is 16.2. The lowest BCUT2D eigenvalue weighted by atomic mass is 9.90. The summed E-state index contributed by atoms with van der Waals surface area (Å²) >= 11 is 0. The third kappa shape index (κ3) is 2.26. The molecule has 0 atom stereocenters. The highest BCUT2D eigenvalue weighted by Crippen LogP contribution is 2.39. The molecule has 0 N–H and O–H groups in total. The van der Waals surface area contributed by atoms with E-state index in [9.17, 15) is 0 Å². The topological polar surface area (TPSA) is 0 Å². The Balaban J connectivity index is 1.92. The quantitative estimate of drug-likeness (QED) is 0.191. The van der Waals surface area contributed by atoms with E-state index in [0.717, 1.165) is 21.9 Å². The van der Waals surface area contributed by atoms with Crippen molar-refractivity contribution in [2.75, 3.05) is 0 Å². The standard InChI is InChI=1S/C30H16/c1-3-19-5-15-26-24(17-19)13-11-21-7-9-23-10-8-22-12-14-25-18-20(4-2)6-16-27(25)29(22)30(23)28(21)26/h1-2,5-18H. The van der Waals surface area contributed by atoms with Gasteiger partial charge in [0.05, 0.1) is 0 Å². The fourth-order valence-corrected chi connectivity index (χ4v) is 4.70. The molecule has 0 radical (unpaired) electrons. The molecule has 0 aliphatic carbocycles. The summed E-state index contributed by atoms with van der Waals surface area (Å²) in [6.07, 6.45) is 11.3. The Morgan fingerprint density at radius 2 is 0.767 bits per heavy atom. The van der Waals surface area contributed by atoms with Crippen molar-refractivity contribution in [3.8, 4) is 24.7 Å². The highest BCUT2D eigenvalue weighted by molar-refractivity contribution is 6.32. The smallest absolute Gasteiger partial charge is 0.0248 e. The minimum absolute atomic E-state index is 0.902. The molecule has 6 aromatic rings. The average Bonchev–Trinajstić information content (AvgIpc) is 2.82. The van der Waals surface area contributed by atoms with Gasteiger partial charge in [-0.15, -0.1) is 12.8 Å². The van der Waals surface area contributed by atoms with Gasteiger partial charge in [-0.2, -0.15) is 0 Å². The predicted octanol–water partition coefficient (Wildman–Crippen LogP) is 7.42. The van der Waals surface area contributed by atoms with E-state index in [-0.39, 0.29) is 0 Å². The van der Waals surface area contributed by atoms with Gasteiger partial charge in [-0.1, -0.05) is 72.5 Å². The summed E-state index contributed by atoms with van der Waals surface area (Å²) in [5, 5.41) is 12.3. The van der Waals surface area contributed by atoms with Gasteiger partial charge in [0.25, 0.3) is 0 Å². The molecule has 0 saturated heterocycles. The molecule has 136 valence electrons. The fourth-order valence-electron chi connectivity index (χ4n) is 4.70. The minimum Gasteiger partial charge on any atom is -0.115 e. The van der Waals surface area contributed by atoms with Crippen LogP contribution in [-0.2, 0) is 0 Å². The van der Waals surface area contributed by atoms with Crippen molar-refractivity contribution in [2.45, 2.75) is 0 Å². The van der Waals surface area contributed by atoms with E-state index >= 15 is 0 Å². The number of hydrogen-bond donors (Lipinski definition) is 0. The van der Waals surface area contributed by atoms with Crippen molar-refractivity contribution in [1.29, 1.82) is 0 Å². The lowest BCUT2D eigenvalue weighted by molar-refractivity contribution is 1.72.